The maximum Gasteiger partial charge on any atom is 0.119 e. The van der Waals surface area contributed by atoms with Gasteiger partial charge in [-0.2, -0.15) is 0 Å². The molecule has 0 aliphatic rings. The largest absolute Gasteiger partial charge is 0.491 e. The van der Waals surface area contributed by atoms with Crippen LogP contribution in [0.5, 0.6) is 5.75 Å². The van der Waals surface area contributed by atoms with Crippen LogP contribution in [0.3, 0.4) is 0 Å². The van der Waals surface area contributed by atoms with Gasteiger partial charge in [-0.3, -0.25) is 0 Å². The minimum Gasteiger partial charge on any atom is -0.491 e. The Labute approximate surface area is 110 Å². The molecule has 1 aromatic rings. The summed E-state index contributed by atoms with van der Waals surface area (Å²) < 4.78 is 5.60. The Morgan fingerprint density at radius 3 is 2.33 bits per heavy atom. The van der Waals surface area contributed by atoms with Crippen molar-refractivity contribution in [3.8, 4) is 5.75 Å². The molecule has 0 radical (unpaired) electrons. The number of aliphatic hydroxyl groups is 1. The average molecular weight is 251 g/mol. The molecule has 0 aliphatic heterocycles. The van der Waals surface area contributed by atoms with Crippen molar-refractivity contribution >= 4 is 0 Å². The van der Waals surface area contributed by atoms with Crippen LogP contribution in [-0.4, -0.2) is 29.9 Å². The summed E-state index contributed by atoms with van der Waals surface area (Å²) in [7, 11) is 0. The Bertz CT molecular complexity index is 344. The first-order valence-electron chi connectivity index (χ1n) is 6.54. The van der Waals surface area contributed by atoms with Crippen LogP contribution >= 0.6 is 0 Å². The van der Waals surface area contributed by atoms with Crippen molar-refractivity contribution in [2.75, 3.05) is 13.2 Å². The van der Waals surface area contributed by atoms with E-state index < -0.39 is 0 Å². The molecule has 3 nitrogen and oxygen atoms in total. The molecule has 0 amide bonds. The van der Waals surface area contributed by atoms with Crippen molar-refractivity contribution < 1.29 is 9.84 Å². The van der Waals surface area contributed by atoms with Gasteiger partial charge in [-0.05, 0) is 58.4 Å². The van der Waals surface area contributed by atoms with Gasteiger partial charge in [0.15, 0.2) is 0 Å². The van der Waals surface area contributed by atoms with E-state index in [9.17, 15) is 0 Å². The number of nitrogens with one attached hydrogen (secondary N) is 1. The van der Waals surface area contributed by atoms with Gasteiger partial charge in [-0.1, -0.05) is 12.1 Å². The van der Waals surface area contributed by atoms with Crippen molar-refractivity contribution in [3.63, 3.8) is 0 Å². The van der Waals surface area contributed by atoms with Crippen molar-refractivity contribution in [3.05, 3.63) is 29.8 Å². The summed E-state index contributed by atoms with van der Waals surface area (Å²) in [6.45, 7) is 9.04. The van der Waals surface area contributed by atoms with E-state index in [0.717, 1.165) is 18.7 Å². The molecule has 0 bridgehead atoms. The molecule has 1 aromatic carbocycles. The van der Waals surface area contributed by atoms with E-state index in [1.807, 2.05) is 39.8 Å². The molecule has 0 heterocycles. The summed E-state index contributed by atoms with van der Waals surface area (Å²) in [5.41, 5.74) is 1.06. The van der Waals surface area contributed by atoms with E-state index in [0.29, 0.717) is 0 Å². The fourth-order valence-corrected chi connectivity index (χ4v) is 1.61. The zero-order chi connectivity index (χ0) is 13.6. The van der Waals surface area contributed by atoms with E-state index in [1.54, 1.807) is 0 Å². The lowest BCUT2D eigenvalue weighted by Gasteiger charge is -2.23. The van der Waals surface area contributed by atoms with Gasteiger partial charge in [0.1, 0.15) is 5.75 Å². The SMILES string of the molecule is CC(C)Oc1ccc(CCNC(C)(C)CO)cc1. The number of rotatable bonds is 7. The van der Waals surface area contributed by atoms with Gasteiger partial charge in [0.05, 0.1) is 12.7 Å². The maximum absolute atomic E-state index is 9.13. The predicted octanol–water partition coefficient (Wildman–Crippen LogP) is 2.38. The molecule has 1 rings (SSSR count). The first-order chi connectivity index (χ1) is 8.43. The van der Waals surface area contributed by atoms with Gasteiger partial charge < -0.3 is 15.2 Å². The Morgan fingerprint density at radius 1 is 1.22 bits per heavy atom. The summed E-state index contributed by atoms with van der Waals surface area (Å²) in [6.07, 6.45) is 1.16. The second kappa shape index (κ2) is 6.76. The van der Waals surface area contributed by atoms with Crippen molar-refractivity contribution in [2.24, 2.45) is 0 Å². The quantitative estimate of drug-likeness (QED) is 0.782. The Balaban J connectivity index is 2.40. The summed E-state index contributed by atoms with van der Waals surface area (Å²) in [6, 6.07) is 8.19. The number of hydrogen-bond acceptors (Lipinski definition) is 3. The minimum atomic E-state index is -0.208. The van der Waals surface area contributed by atoms with Crippen molar-refractivity contribution in [1.29, 1.82) is 0 Å². The molecule has 0 unspecified atom stereocenters. The normalized spacial score (nSPS) is 11.9. The molecule has 0 saturated carbocycles. The van der Waals surface area contributed by atoms with Gasteiger partial charge in [0, 0.05) is 5.54 Å². The van der Waals surface area contributed by atoms with Crippen LogP contribution in [0.4, 0.5) is 0 Å². The highest BCUT2D eigenvalue weighted by Crippen LogP contribution is 2.14. The molecule has 0 saturated heterocycles. The lowest BCUT2D eigenvalue weighted by atomic mass is 10.1. The Kier molecular flexibility index (Phi) is 5.63. The average Bonchev–Trinajstić information content (AvgIpc) is 2.30. The first kappa shape index (κ1) is 15.0. The zero-order valence-corrected chi connectivity index (χ0v) is 11.9. The Morgan fingerprint density at radius 2 is 1.83 bits per heavy atom. The third-order valence-corrected chi connectivity index (χ3v) is 2.71. The first-order valence-corrected chi connectivity index (χ1v) is 6.54. The van der Waals surface area contributed by atoms with Gasteiger partial charge in [-0.25, -0.2) is 0 Å². The summed E-state index contributed by atoms with van der Waals surface area (Å²) in [4.78, 5) is 0. The number of benzene rings is 1. The molecule has 18 heavy (non-hydrogen) atoms. The summed E-state index contributed by atoms with van der Waals surface area (Å²) in [5.74, 6) is 0.914. The molecule has 3 heteroatoms. The van der Waals surface area contributed by atoms with Gasteiger partial charge >= 0.3 is 0 Å². The van der Waals surface area contributed by atoms with Crippen LogP contribution in [0.15, 0.2) is 24.3 Å². The third-order valence-electron chi connectivity index (χ3n) is 2.71. The van der Waals surface area contributed by atoms with E-state index in [1.165, 1.54) is 5.56 Å². The number of hydrogen-bond donors (Lipinski definition) is 2. The second-order valence-electron chi connectivity index (χ2n) is 5.53. The third kappa shape index (κ3) is 5.52. The van der Waals surface area contributed by atoms with E-state index in [2.05, 4.69) is 17.4 Å². The van der Waals surface area contributed by atoms with E-state index in [4.69, 9.17) is 9.84 Å². The highest BCUT2D eigenvalue weighted by atomic mass is 16.5. The fourth-order valence-electron chi connectivity index (χ4n) is 1.61. The van der Waals surface area contributed by atoms with Gasteiger partial charge in [0.2, 0.25) is 0 Å². The molecule has 0 atom stereocenters. The molecule has 0 aliphatic carbocycles. The lowest BCUT2D eigenvalue weighted by molar-refractivity contribution is 0.189. The molecule has 0 fully saturated rings. The number of ether oxygens (including phenoxy) is 1. The summed E-state index contributed by atoms with van der Waals surface area (Å²) >= 11 is 0. The van der Waals surface area contributed by atoms with Crippen molar-refractivity contribution in [2.45, 2.75) is 45.8 Å². The molecular weight excluding hydrogens is 226 g/mol. The lowest BCUT2D eigenvalue weighted by Crippen LogP contribution is -2.43. The van der Waals surface area contributed by atoms with Crippen LogP contribution in [-0.2, 0) is 6.42 Å². The van der Waals surface area contributed by atoms with Crippen LogP contribution in [0.25, 0.3) is 0 Å². The topological polar surface area (TPSA) is 41.5 Å². The fraction of sp³-hybridized carbons (Fsp3) is 0.600. The minimum absolute atomic E-state index is 0.147. The van der Waals surface area contributed by atoms with Crippen LogP contribution in [0, 0.1) is 0 Å². The predicted molar refractivity (Wildman–Crippen MR) is 75.1 cm³/mol. The smallest absolute Gasteiger partial charge is 0.119 e. The van der Waals surface area contributed by atoms with Crippen molar-refractivity contribution in [1.82, 2.24) is 5.32 Å². The van der Waals surface area contributed by atoms with Gasteiger partial charge in [0.25, 0.3) is 0 Å². The standard InChI is InChI=1S/C15H25NO2/c1-12(2)18-14-7-5-13(6-8-14)9-10-16-15(3,4)11-17/h5-8,12,16-17H,9-11H2,1-4H3. The molecule has 0 spiro atoms. The molecule has 102 valence electrons. The summed E-state index contributed by atoms with van der Waals surface area (Å²) in [5, 5.41) is 12.5. The van der Waals surface area contributed by atoms with Crippen LogP contribution in [0.2, 0.25) is 0 Å². The maximum atomic E-state index is 9.13. The van der Waals surface area contributed by atoms with Gasteiger partial charge in [-0.15, -0.1) is 0 Å². The molecule has 0 aromatic heterocycles. The second-order valence-corrected chi connectivity index (χ2v) is 5.53. The number of aliphatic hydroxyl groups excluding tert-OH is 1. The monoisotopic (exact) mass is 251 g/mol. The zero-order valence-electron chi connectivity index (χ0n) is 11.9. The Hall–Kier alpha value is -1.06. The van der Waals surface area contributed by atoms with Crippen LogP contribution < -0.4 is 10.1 Å². The highest BCUT2D eigenvalue weighted by molar-refractivity contribution is 5.27. The van der Waals surface area contributed by atoms with Crippen LogP contribution in [0.1, 0.15) is 33.3 Å². The molecule has 2 N–H and O–H groups in total. The highest BCUT2D eigenvalue weighted by Gasteiger charge is 2.14. The molecular formula is C15H25NO2. The van der Waals surface area contributed by atoms with E-state index in [-0.39, 0.29) is 18.2 Å². The van der Waals surface area contributed by atoms with E-state index >= 15 is 0 Å².